The molecule has 0 aliphatic rings. The Hall–Kier alpha value is -0.800. The molecule has 0 radical (unpaired) electrons. The Balaban J connectivity index is 2.18. The smallest absolute Gasteiger partial charge is 0.118 e. The van der Waals surface area contributed by atoms with Gasteiger partial charge in [0.15, 0.2) is 0 Å². The maximum absolute atomic E-state index is 5.61. The Labute approximate surface area is 112 Å². The topological polar surface area (TPSA) is 28.4 Å². The first-order valence-electron chi connectivity index (χ1n) is 7.09. The summed E-state index contributed by atoms with van der Waals surface area (Å²) in [5.74, 6) is 2.06. The molecule has 0 saturated heterocycles. The van der Waals surface area contributed by atoms with Crippen LogP contribution in [0.2, 0.25) is 0 Å². The van der Waals surface area contributed by atoms with Crippen LogP contribution in [-0.2, 0) is 6.54 Å². The highest BCUT2D eigenvalue weighted by atomic mass is 16.3. The zero-order valence-corrected chi connectivity index (χ0v) is 12.3. The van der Waals surface area contributed by atoms with Crippen LogP contribution in [0.3, 0.4) is 0 Å². The zero-order chi connectivity index (χ0) is 13.4. The molecule has 1 heterocycles. The van der Waals surface area contributed by atoms with Crippen LogP contribution in [0.15, 0.2) is 16.5 Å². The van der Waals surface area contributed by atoms with Crippen molar-refractivity contribution in [1.82, 2.24) is 10.2 Å². The molecule has 1 N–H and O–H groups in total. The molecular formula is C15H28N2O. The van der Waals surface area contributed by atoms with E-state index in [2.05, 4.69) is 37.2 Å². The Morgan fingerprint density at radius 3 is 2.72 bits per heavy atom. The van der Waals surface area contributed by atoms with E-state index in [1.165, 1.54) is 19.3 Å². The highest BCUT2D eigenvalue weighted by molar-refractivity contribution is 5.05. The number of furan rings is 1. The van der Waals surface area contributed by atoms with Gasteiger partial charge in [0.2, 0.25) is 0 Å². The fourth-order valence-electron chi connectivity index (χ4n) is 2.02. The minimum atomic E-state index is 0.596. The average molecular weight is 252 g/mol. The molecule has 1 atom stereocenters. The molecule has 0 spiro atoms. The summed E-state index contributed by atoms with van der Waals surface area (Å²) in [5.41, 5.74) is 0. The van der Waals surface area contributed by atoms with Gasteiger partial charge < -0.3 is 9.73 Å². The van der Waals surface area contributed by atoms with Crippen molar-refractivity contribution in [3.05, 3.63) is 23.7 Å². The summed E-state index contributed by atoms with van der Waals surface area (Å²) in [4.78, 5) is 2.36. The summed E-state index contributed by atoms with van der Waals surface area (Å²) in [7, 11) is 2.17. The molecule has 1 unspecified atom stereocenters. The maximum Gasteiger partial charge on any atom is 0.118 e. The van der Waals surface area contributed by atoms with Gasteiger partial charge in [0.05, 0.1) is 6.54 Å². The lowest BCUT2D eigenvalue weighted by atomic mass is 10.1. The van der Waals surface area contributed by atoms with E-state index in [0.717, 1.165) is 31.2 Å². The van der Waals surface area contributed by atoms with Crippen molar-refractivity contribution < 1.29 is 4.42 Å². The summed E-state index contributed by atoms with van der Waals surface area (Å²) in [6.45, 7) is 9.65. The van der Waals surface area contributed by atoms with Crippen molar-refractivity contribution in [1.29, 1.82) is 0 Å². The number of nitrogens with one attached hydrogen (secondary N) is 1. The van der Waals surface area contributed by atoms with Gasteiger partial charge in [-0.15, -0.1) is 0 Å². The van der Waals surface area contributed by atoms with Crippen LogP contribution in [0.4, 0.5) is 0 Å². The lowest BCUT2D eigenvalue weighted by Crippen LogP contribution is -2.29. The molecule has 104 valence electrons. The Morgan fingerprint density at radius 2 is 2.11 bits per heavy atom. The maximum atomic E-state index is 5.61. The minimum Gasteiger partial charge on any atom is -0.465 e. The quantitative estimate of drug-likeness (QED) is 0.684. The second-order valence-electron chi connectivity index (χ2n) is 5.17. The summed E-state index contributed by atoms with van der Waals surface area (Å²) >= 11 is 0. The summed E-state index contributed by atoms with van der Waals surface area (Å²) in [5, 5.41) is 3.45. The lowest BCUT2D eigenvalue weighted by Gasteiger charge is -2.23. The molecular weight excluding hydrogens is 224 g/mol. The van der Waals surface area contributed by atoms with Crippen molar-refractivity contribution in [3.8, 4) is 0 Å². The van der Waals surface area contributed by atoms with E-state index in [1.54, 1.807) is 0 Å². The third-order valence-electron chi connectivity index (χ3n) is 3.36. The highest BCUT2D eigenvalue weighted by Gasteiger charge is 2.10. The van der Waals surface area contributed by atoms with Gasteiger partial charge in [0.1, 0.15) is 11.5 Å². The van der Waals surface area contributed by atoms with E-state index < -0.39 is 0 Å². The molecule has 18 heavy (non-hydrogen) atoms. The first-order chi connectivity index (χ1) is 8.63. The fourth-order valence-corrected chi connectivity index (χ4v) is 2.02. The monoisotopic (exact) mass is 252 g/mol. The van der Waals surface area contributed by atoms with Gasteiger partial charge in [-0.3, -0.25) is 4.90 Å². The number of aryl methyl sites for hydroxylation is 1. The molecule has 0 bridgehead atoms. The molecule has 0 aromatic carbocycles. The number of hydrogen-bond donors (Lipinski definition) is 1. The van der Waals surface area contributed by atoms with Crippen LogP contribution in [0.1, 0.15) is 44.6 Å². The second-order valence-corrected chi connectivity index (χ2v) is 5.17. The molecule has 1 aromatic rings. The van der Waals surface area contributed by atoms with Gasteiger partial charge in [0.25, 0.3) is 0 Å². The van der Waals surface area contributed by atoms with Gasteiger partial charge in [-0.25, -0.2) is 0 Å². The Morgan fingerprint density at radius 1 is 1.33 bits per heavy atom. The largest absolute Gasteiger partial charge is 0.465 e. The van der Waals surface area contributed by atoms with Gasteiger partial charge in [0, 0.05) is 6.04 Å². The Kier molecular flexibility index (Phi) is 7.06. The number of nitrogens with zero attached hydrogens (tertiary/aromatic N) is 1. The molecule has 0 aliphatic carbocycles. The van der Waals surface area contributed by atoms with Gasteiger partial charge >= 0.3 is 0 Å². The van der Waals surface area contributed by atoms with Crippen molar-refractivity contribution in [2.24, 2.45) is 0 Å². The van der Waals surface area contributed by atoms with Crippen molar-refractivity contribution in [2.75, 3.05) is 20.1 Å². The van der Waals surface area contributed by atoms with Crippen LogP contribution in [-0.4, -0.2) is 31.1 Å². The second kappa shape index (κ2) is 8.33. The van der Waals surface area contributed by atoms with Crippen molar-refractivity contribution in [3.63, 3.8) is 0 Å². The van der Waals surface area contributed by atoms with Crippen LogP contribution in [0, 0.1) is 6.92 Å². The minimum absolute atomic E-state index is 0.596. The summed E-state index contributed by atoms with van der Waals surface area (Å²) in [6.07, 6.45) is 3.68. The lowest BCUT2D eigenvalue weighted by molar-refractivity contribution is 0.216. The molecule has 1 rings (SSSR count). The normalized spacial score (nSPS) is 13.2. The molecule has 3 nitrogen and oxygen atoms in total. The molecule has 1 aromatic heterocycles. The van der Waals surface area contributed by atoms with Crippen LogP contribution >= 0.6 is 0 Å². The van der Waals surface area contributed by atoms with Crippen LogP contribution in [0.5, 0.6) is 0 Å². The molecule has 0 fully saturated rings. The fraction of sp³-hybridized carbons (Fsp3) is 0.733. The summed E-state index contributed by atoms with van der Waals surface area (Å²) < 4.78 is 5.61. The van der Waals surface area contributed by atoms with Gasteiger partial charge in [-0.05, 0) is 65.4 Å². The van der Waals surface area contributed by atoms with Crippen molar-refractivity contribution in [2.45, 2.75) is 52.6 Å². The van der Waals surface area contributed by atoms with E-state index in [1.807, 2.05) is 13.0 Å². The molecule has 0 amide bonds. The van der Waals surface area contributed by atoms with Crippen LogP contribution < -0.4 is 5.32 Å². The number of rotatable bonds is 9. The zero-order valence-electron chi connectivity index (χ0n) is 12.3. The molecule has 0 aliphatic heterocycles. The van der Waals surface area contributed by atoms with E-state index >= 15 is 0 Å². The van der Waals surface area contributed by atoms with E-state index in [4.69, 9.17) is 4.42 Å². The van der Waals surface area contributed by atoms with Gasteiger partial charge in [-0.1, -0.05) is 6.92 Å². The standard InChI is InChI=1S/C15H28N2O/c1-5-10-16-11-6-7-13(2)17(4)12-15-9-8-14(3)18-15/h8-9,13,16H,5-7,10-12H2,1-4H3. The SMILES string of the molecule is CCCNCCCC(C)N(C)Cc1ccc(C)o1. The van der Waals surface area contributed by atoms with Gasteiger partial charge in [-0.2, -0.15) is 0 Å². The first kappa shape index (κ1) is 15.3. The van der Waals surface area contributed by atoms with E-state index in [9.17, 15) is 0 Å². The Bertz CT molecular complexity index is 322. The highest BCUT2D eigenvalue weighted by Crippen LogP contribution is 2.12. The van der Waals surface area contributed by atoms with Crippen LogP contribution in [0.25, 0.3) is 0 Å². The third kappa shape index (κ3) is 5.69. The predicted molar refractivity (Wildman–Crippen MR) is 76.8 cm³/mol. The molecule has 3 heteroatoms. The van der Waals surface area contributed by atoms with E-state index in [0.29, 0.717) is 6.04 Å². The predicted octanol–water partition coefficient (Wildman–Crippen LogP) is 3.19. The average Bonchev–Trinajstić information content (AvgIpc) is 2.74. The summed E-state index contributed by atoms with van der Waals surface area (Å²) in [6, 6.07) is 4.70. The first-order valence-corrected chi connectivity index (χ1v) is 7.09. The third-order valence-corrected chi connectivity index (χ3v) is 3.36. The number of hydrogen-bond acceptors (Lipinski definition) is 3. The van der Waals surface area contributed by atoms with Crippen molar-refractivity contribution >= 4 is 0 Å². The molecule has 0 saturated carbocycles. The van der Waals surface area contributed by atoms with E-state index in [-0.39, 0.29) is 0 Å².